The summed E-state index contributed by atoms with van der Waals surface area (Å²) in [6, 6.07) is 0. The van der Waals surface area contributed by atoms with E-state index >= 15 is 0 Å². The number of rotatable bonds is 23. The minimum Gasteiger partial charge on any atom is -0.513 e. The van der Waals surface area contributed by atoms with E-state index in [0.29, 0.717) is 0 Å². The van der Waals surface area contributed by atoms with E-state index in [-0.39, 0.29) is 5.97 Å². The van der Waals surface area contributed by atoms with Gasteiger partial charge in [-0.1, -0.05) is 129 Å². The Hall–Kier alpha value is -0.573. The van der Waals surface area contributed by atoms with E-state index in [2.05, 4.69) is 31.3 Å². The predicted molar refractivity (Wildman–Crippen MR) is 137 cm³/mol. The van der Waals surface area contributed by atoms with Gasteiger partial charge in [0.05, 0.1) is 0 Å². The molecule has 0 unspecified atom stereocenters. The maximum atomic E-state index is 12.6. The topological polar surface area (TPSA) is 26.3 Å². The second-order valence-electron chi connectivity index (χ2n) is 9.38. The molecule has 0 saturated heterocycles. The van der Waals surface area contributed by atoms with E-state index in [1.54, 1.807) is 0 Å². The van der Waals surface area contributed by atoms with E-state index < -0.39 is 0 Å². The fraction of sp³-hybridized carbons (Fsp3) is 0.893. The maximum Gasteiger partial charge on any atom is 0.345 e. The van der Waals surface area contributed by atoms with Crippen LogP contribution < -0.4 is 0 Å². The van der Waals surface area contributed by atoms with Crippen molar-refractivity contribution in [3.05, 3.63) is 11.1 Å². The molecule has 0 spiro atoms. The van der Waals surface area contributed by atoms with Crippen LogP contribution in [0.25, 0.3) is 0 Å². The molecule has 3 heteroatoms. The summed E-state index contributed by atoms with van der Waals surface area (Å²) in [6.45, 7) is 6.80. The van der Waals surface area contributed by atoms with E-state index in [9.17, 15) is 4.79 Å². The van der Waals surface area contributed by atoms with E-state index in [0.717, 1.165) is 31.3 Å². The number of allylic oxidation sites excluding steroid dienone is 1. The average Bonchev–Trinajstić information content (AvgIpc) is 2.78. The second-order valence-corrected chi connectivity index (χ2v) is 9.58. The SMILES string of the molecule is CCCCCCCCCC(C(=O)O[Si])=C(CCCCCCCC)CCCCCCCC. The molecule has 0 N–H and O–H groups in total. The first-order chi connectivity index (χ1) is 15.2. The summed E-state index contributed by atoms with van der Waals surface area (Å²) in [5.74, 6) is -0.144. The van der Waals surface area contributed by atoms with Crippen molar-refractivity contribution in [2.45, 2.75) is 162 Å². The Kier molecular flexibility index (Phi) is 23.6. The van der Waals surface area contributed by atoms with Crippen molar-refractivity contribution in [2.24, 2.45) is 0 Å². The van der Waals surface area contributed by atoms with Crippen LogP contribution in [0.4, 0.5) is 0 Å². The third-order valence-corrected chi connectivity index (χ3v) is 6.65. The standard InChI is InChI=1S/C28H53O2Si/c1-4-7-10-13-16-19-22-25-27(28(29)30-31)26(23-20-17-14-11-8-5-2)24-21-18-15-12-9-6-3/h4-25H2,1-3H3. The Morgan fingerprint density at radius 3 is 1.19 bits per heavy atom. The molecule has 0 bridgehead atoms. The van der Waals surface area contributed by atoms with Gasteiger partial charge in [-0.3, -0.25) is 0 Å². The molecule has 0 aromatic carbocycles. The molecular weight excluding hydrogens is 396 g/mol. The Labute approximate surface area is 198 Å². The van der Waals surface area contributed by atoms with Crippen molar-refractivity contribution in [1.82, 2.24) is 0 Å². The quantitative estimate of drug-likeness (QED) is 0.0881. The Balaban J connectivity index is 4.74. The van der Waals surface area contributed by atoms with Crippen LogP contribution in [0.5, 0.6) is 0 Å². The first-order valence-corrected chi connectivity index (χ1v) is 14.2. The minimum absolute atomic E-state index is 0.144. The number of carbonyl (C=O) groups excluding carboxylic acids is 1. The van der Waals surface area contributed by atoms with Gasteiger partial charge in [-0.05, 0) is 38.5 Å². The van der Waals surface area contributed by atoms with Crippen molar-refractivity contribution in [3.8, 4) is 0 Å². The first kappa shape index (κ1) is 30.4. The highest BCUT2D eigenvalue weighted by Crippen LogP contribution is 2.26. The third kappa shape index (κ3) is 18.7. The maximum absolute atomic E-state index is 12.6. The largest absolute Gasteiger partial charge is 0.513 e. The van der Waals surface area contributed by atoms with Gasteiger partial charge in [0.1, 0.15) is 0 Å². The third-order valence-electron chi connectivity index (χ3n) is 6.46. The summed E-state index contributed by atoms with van der Waals surface area (Å²) in [4.78, 5) is 12.6. The van der Waals surface area contributed by atoms with Gasteiger partial charge in [0, 0.05) is 5.57 Å². The van der Waals surface area contributed by atoms with Crippen LogP contribution in [0.2, 0.25) is 0 Å². The lowest BCUT2D eigenvalue weighted by atomic mass is 9.92. The van der Waals surface area contributed by atoms with Gasteiger partial charge in [-0.25, -0.2) is 4.79 Å². The van der Waals surface area contributed by atoms with Crippen molar-refractivity contribution < 1.29 is 9.22 Å². The highest BCUT2D eigenvalue weighted by Gasteiger charge is 2.15. The van der Waals surface area contributed by atoms with Crippen LogP contribution in [0.15, 0.2) is 11.1 Å². The van der Waals surface area contributed by atoms with Crippen LogP contribution in [-0.2, 0) is 9.22 Å². The molecule has 3 radical (unpaired) electrons. The summed E-state index contributed by atoms with van der Waals surface area (Å²) >= 11 is 0. The van der Waals surface area contributed by atoms with Gasteiger partial charge in [-0.2, -0.15) is 0 Å². The Morgan fingerprint density at radius 2 is 0.839 bits per heavy atom. The number of carbonyl (C=O) groups is 1. The normalized spacial score (nSPS) is 11.0. The summed E-state index contributed by atoms with van der Waals surface area (Å²) in [6.07, 6.45) is 27.6. The lowest BCUT2D eigenvalue weighted by Crippen LogP contribution is -2.10. The van der Waals surface area contributed by atoms with Gasteiger partial charge in [0.25, 0.3) is 0 Å². The zero-order valence-corrected chi connectivity index (χ0v) is 22.4. The highest BCUT2D eigenvalue weighted by atomic mass is 28.2. The molecule has 0 aliphatic heterocycles. The minimum atomic E-state index is -0.144. The number of hydrogen-bond acceptors (Lipinski definition) is 2. The average molecular weight is 450 g/mol. The monoisotopic (exact) mass is 449 g/mol. The van der Waals surface area contributed by atoms with Crippen LogP contribution in [-0.4, -0.2) is 16.5 Å². The summed E-state index contributed by atoms with van der Waals surface area (Å²) in [7, 11) is 3.02. The van der Waals surface area contributed by atoms with Gasteiger partial charge >= 0.3 is 16.5 Å². The molecule has 31 heavy (non-hydrogen) atoms. The molecule has 0 amide bonds. The molecule has 0 rings (SSSR count). The van der Waals surface area contributed by atoms with Crippen molar-refractivity contribution in [1.29, 1.82) is 0 Å². The highest BCUT2D eigenvalue weighted by molar-refractivity contribution is 6.09. The van der Waals surface area contributed by atoms with Crippen LogP contribution >= 0.6 is 0 Å². The molecule has 0 aliphatic carbocycles. The van der Waals surface area contributed by atoms with Gasteiger partial charge in [0.2, 0.25) is 0 Å². The van der Waals surface area contributed by atoms with E-state index in [1.165, 1.54) is 121 Å². The van der Waals surface area contributed by atoms with Crippen LogP contribution in [0, 0.1) is 0 Å². The van der Waals surface area contributed by atoms with Crippen molar-refractivity contribution in [3.63, 3.8) is 0 Å². The summed E-state index contributed by atoms with van der Waals surface area (Å²) in [5, 5.41) is 0. The molecule has 0 fully saturated rings. The van der Waals surface area contributed by atoms with Gasteiger partial charge < -0.3 is 4.43 Å². The molecular formula is C28H53O2Si. The fourth-order valence-electron chi connectivity index (χ4n) is 4.41. The van der Waals surface area contributed by atoms with Gasteiger partial charge in [-0.15, -0.1) is 0 Å². The zero-order valence-electron chi connectivity index (χ0n) is 21.4. The Bertz CT molecular complexity index is 413. The summed E-state index contributed by atoms with van der Waals surface area (Å²) < 4.78 is 5.03. The smallest absolute Gasteiger partial charge is 0.345 e. The van der Waals surface area contributed by atoms with Crippen molar-refractivity contribution in [2.75, 3.05) is 0 Å². The van der Waals surface area contributed by atoms with Gasteiger partial charge in [0.15, 0.2) is 0 Å². The Morgan fingerprint density at radius 1 is 0.516 bits per heavy atom. The van der Waals surface area contributed by atoms with Crippen LogP contribution in [0.1, 0.15) is 162 Å². The molecule has 2 nitrogen and oxygen atoms in total. The summed E-state index contributed by atoms with van der Waals surface area (Å²) in [5.41, 5.74) is 2.37. The molecule has 0 aromatic rings. The van der Waals surface area contributed by atoms with Crippen LogP contribution in [0.3, 0.4) is 0 Å². The molecule has 0 aromatic heterocycles. The molecule has 0 heterocycles. The van der Waals surface area contributed by atoms with E-state index in [1.807, 2.05) is 0 Å². The fourth-order valence-corrected chi connectivity index (χ4v) is 4.53. The van der Waals surface area contributed by atoms with Crippen molar-refractivity contribution >= 4 is 16.5 Å². The molecule has 0 atom stereocenters. The lowest BCUT2D eigenvalue weighted by Gasteiger charge is -2.15. The zero-order chi connectivity index (χ0) is 23.0. The molecule has 0 aliphatic rings. The lowest BCUT2D eigenvalue weighted by molar-refractivity contribution is -0.130. The molecule has 181 valence electrons. The number of unbranched alkanes of at least 4 members (excludes halogenated alkanes) is 16. The molecule has 0 saturated carbocycles. The number of hydrogen-bond donors (Lipinski definition) is 0. The van der Waals surface area contributed by atoms with E-state index in [4.69, 9.17) is 4.43 Å². The predicted octanol–water partition coefficient (Wildman–Crippen LogP) is 9.55. The first-order valence-electron chi connectivity index (χ1n) is 13.8. The second kappa shape index (κ2) is 24.1.